The highest BCUT2D eigenvalue weighted by molar-refractivity contribution is 7.85. The molecule has 4 aromatic rings. The number of ether oxygens (including phenoxy) is 1. The Kier molecular flexibility index (Phi) is 8.62. The van der Waals surface area contributed by atoms with Crippen LogP contribution in [0.4, 0.5) is 23.0 Å². The number of likely N-dealkylation sites (N-methyl/N-ethyl adjacent to an activating group) is 2. The number of aryl methyl sites for hydroxylation is 2. The molecule has 0 radical (unpaired) electrons. The summed E-state index contributed by atoms with van der Waals surface area (Å²) < 4.78 is 79.3. The second-order valence-electron chi connectivity index (χ2n) is 9.91. The van der Waals surface area contributed by atoms with Crippen LogP contribution in [0.2, 0.25) is 0 Å². The smallest absolute Gasteiger partial charge is 0.261 e. The van der Waals surface area contributed by atoms with Crippen molar-refractivity contribution in [1.82, 2.24) is 19.4 Å². The van der Waals surface area contributed by atoms with E-state index in [-0.39, 0.29) is 19.0 Å². The molecule has 0 aliphatic rings. The summed E-state index contributed by atoms with van der Waals surface area (Å²) in [5.74, 6) is 0.0480. The summed E-state index contributed by atoms with van der Waals surface area (Å²) in [6.07, 6.45) is 5.36. The van der Waals surface area contributed by atoms with Gasteiger partial charge in [0.2, 0.25) is 11.9 Å². The molecular weight excluding hydrogens is 596 g/mol. The summed E-state index contributed by atoms with van der Waals surface area (Å²) in [5, 5.41) is 16.6. The van der Waals surface area contributed by atoms with Gasteiger partial charge in [-0.3, -0.25) is 9.35 Å². The molecule has 13 nitrogen and oxygen atoms in total. The number of rotatable bonds is 10. The highest BCUT2D eigenvalue weighted by Gasteiger charge is 2.17. The predicted molar refractivity (Wildman–Crippen MR) is 178 cm³/mol. The molecule has 0 atom stereocenters. The van der Waals surface area contributed by atoms with Crippen molar-refractivity contribution >= 4 is 49.9 Å². The number of aromatic nitrogens is 3. The number of carbonyl (C=O) groups excluding carboxylic acids is 1. The summed E-state index contributed by atoms with van der Waals surface area (Å²) >= 11 is 0. The fraction of sp³-hybridized carbons (Fsp3) is 0.290. The van der Waals surface area contributed by atoms with Crippen molar-refractivity contribution in [3.05, 3.63) is 66.5 Å². The van der Waals surface area contributed by atoms with Gasteiger partial charge in [0.15, 0.2) is 0 Å². The van der Waals surface area contributed by atoms with Crippen LogP contribution >= 0.6 is 0 Å². The van der Waals surface area contributed by atoms with E-state index in [0.29, 0.717) is 45.2 Å². The molecule has 0 unspecified atom stereocenters. The molecule has 0 saturated carbocycles. The van der Waals surface area contributed by atoms with E-state index in [9.17, 15) is 18.5 Å². The lowest BCUT2D eigenvalue weighted by Crippen LogP contribution is -2.29. The van der Waals surface area contributed by atoms with Crippen LogP contribution in [0.1, 0.15) is 19.4 Å². The Hall–Kier alpha value is -4.97. The minimum Gasteiger partial charge on any atom is -0.494 e. The molecule has 45 heavy (non-hydrogen) atoms. The number of hydrogen-bond donors (Lipinski definition) is 3. The van der Waals surface area contributed by atoms with Crippen LogP contribution in [0.5, 0.6) is 5.75 Å². The largest absolute Gasteiger partial charge is 0.494 e. The van der Waals surface area contributed by atoms with Crippen molar-refractivity contribution in [2.24, 2.45) is 7.05 Å². The average Bonchev–Trinajstić information content (AvgIpc) is 3.31. The van der Waals surface area contributed by atoms with Crippen molar-refractivity contribution in [2.75, 3.05) is 63.0 Å². The Labute approximate surface area is 271 Å². The van der Waals surface area contributed by atoms with Gasteiger partial charge in [0, 0.05) is 64.8 Å². The normalized spacial score (nSPS) is 13.5. The number of anilines is 4. The third kappa shape index (κ3) is 9.26. The molecule has 2 aromatic carbocycles. The molecule has 0 saturated heterocycles. The van der Waals surface area contributed by atoms with Crippen LogP contribution in [0.3, 0.4) is 0 Å². The molecule has 0 aliphatic carbocycles. The Morgan fingerprint density at radius 3 is 2.60 bits per heavy atom. The van der Waals surface area contributed by atoms with Gasteiger partial charge in [-0.05, 0) is 56.8 Å². The first kappa shape index (κ1) is 26.4. The van der Waals surface area contributed by atoms with E-state index in [0.717, 1.165) is 28.1 Å². The van der Waals surface area contributed by atoms with Crippen molar-refractivity contribution < 1.29 is 30.7 Å². The minimum absolute atomic E-state index is 0.00918. The number of benzene rings is 2. The zero-order valence-corrected chi connectivity index (χ0v) is 26.2. The van der Waals surface area contributed by atoms with Gasteiger partial charge in [-0.1, -0.05) is 6.58 Å². The fourth-order valence-electron chi connectivity index (χ4n) is 4.48. The molecule has 0 bridgehead atoms. The van der Waals surface area contributed by atoms with Gasteiger partial charge in [0.1, 0.15) is 11.8 Å². The zero-order valence-electron chi connectivity index (χ0n) is 31.4. The number of nitrogens with one attached hydrogen (secondary N) is 2. The van der Waals surface area contributed by atoms with Crippen molar-refractivity contribution in [1.29, 1.82) is 5.26 Å². The molecule has 14 heteroatoms. The molecule has 238 valence electrons. The van der Waals surface area contributed by atoms with E-state index in [1.807, 2.05) is 30.8 Å². The maximum absolute atomic E-state index is 12.4. The number of fused-ring (bicyclic) bond motifs is 1. The van der Waals surface area contributed by atoms with Crippen LogP contribution in [-0.2, 0) is 22.0 Å². The lowest BCUT2D eigenvalue weighted by atomic mass is 10.0. The summed E-state index contributed by atoms with van der Waals surface area (Å²) in [4.78, 5) is 23.5. The van der Waals surface area contributed by atoms with Crippen molar-refractivity contribution in [3.8, 4) is 23.1 Å². The molecule has 0 fully saturated rings. The fourth-order valence-corrected chi connectivity index (χ4v) is 4.48. The van der Waals surface area contributed by atoms with Crippen LogP contribution in [0.15, 0.2) is 55.4 Å². The second kappa shape index (κ2) is 14.7. The molecular formula is C31H38N8O5S. The van der Waals surface area contributed by atoms with Gasteiger partial charge in [0.05, 0.1) is 47.2 Å². The molecule has 0 aliphatic heterocycles. The van der Waals surface area contributed by atoms with Crippen LogP contribution < -0.4 is 20.3 Å². The SMILES string of the molecule is CS(=O)(=O)O.[2H]C([2H])([2H])N(CCN(C)c1cc(OC)c(Nc2nccc(-c3cc(C#N)c4c(c3)c(C)cn4C)n2)cc1NC(=O)C=C)C([2H])([2H])[2H]. The zero-order chi connectivity index (χ0) is 38.5. The topological polar surface area (TPSA) is 166 Å². The highest BCUT2D eigenvalue weighted by atomic mass is 32.2. The van der Waals surface area contributed by atoms with E-state index in [4.69, 9.17) is 17.5 Å². The van der Waals surface area contributed by atoms with Crippen LogP contribution in [0.25, 0.3) is 22.2 Å². The monoisotopic (exact) mass is 640 g/mol. The second-order valence-corrected chi connectivity index (χ2v) is 11.4. The number of hydrogen-bond acceptors (Lipinski definition) is 10. The maximum Gasteiger partial charge on any atom is 0.261 e. The van der Waals surface area contributed by atoms with Gasteiger partial charge in [-0.2, -0.15) is 13.7 Å². The molecule has 0 spiro atoms. The standard InChI is InChI=1S/C30H34N8O2.CH4O3S/c1-8-28(39)33-24-15-25(27(40-7)16-26(24)37(5)12-11-36(3)4)35-30-32-10-9-23(34-30)20-13-21(17-31)29-22(14-20)19(2)18-38(29)6;1-5(2,3)4/h8-10,13-16,18H,1,11-12H2,2-7H3,(H,33,39)(H,32,34,35);1H3,(H,2,3,4)/i3D3,4D3;. The third-order valence-electron chi connectivity index (χ3n) is 6.42. The van der Waals surface area contributed by atoms with Gasteiger partial charge in [0.25, 0.3) is 10.1 Å². The van der Waals surface area contributed by atoms with Crippen molar-refractivity contribution in [2.45, 2.75) is 6.92 Å². The molecule has 1 amide bonds. The number of amides is 1. The Morgan fingerprint density at radius 2 is 1.98 bits per heavy atom. The quantitative estimate of drug-likeness (QED) is 0.168. The minimum atomic E-state index is -3.67. The highest BCUT2D eigenvalue weighted by Crippen LogP contribution is 2.38. The summed E-state index contributed by atoms with van der Waals surface area (Å²) in [5.41, 5.74) is 4.82. The van der Waals surface area contributed by atoms with Gasteiger partial charge in [-0.15, -0.1) is 0 Å². The van der Waals surface area contributed by atoms with Gasteiger partial charge >= 0.3 is 0 Å². The summed E-state index contributed by atoms with van der Waals surface area (Å²) in [6, 6.07) is 11.0. The Morgan fingerprint density at radius 1 is 1.27 bits per heavy atom. The number of methoxy groups -OCH3 is 1. The van der Waals surface area contributed by atoms with E-state index in [1.54, 1.807) is 42.4 Å². The Balaban J connectivity index is 0.00000131. The molecule has 2 heterocycles. The van der Waals surface area contributed by atoms with E-state index < -0.39 is 30.0 Å². The number of nitrogens with zero attached hydrogens (tertiary/aromatic N) is 6. The van der Waals surface area contributed by atoms with Gasteiger partial charge < -0.3 is 29.7 Å². The van der Waals surface area contributed by atoms with Gasteiger partial charge in [-0.25, -0.2) is 9.97 Å². The lowest BCUT2D eigenvalue weighted by Gasteiger charge is -2.26. The first-order chi connectivity index (χ1) is 23.6. The van der Waals surface area contributed by atoms with E-state index in [2.05, 4.69) is 33.2 Å². The van der Waals surface area contributed by atoms with Crippen LogP contribution in [-0.4, -0.2) is 85.8 Å². The first-order valence-corrected chi connectivity index (χ1v) is 15.1. The van der Waals surface area contributed by atoms with Crippen molar-refractivity contribution in [3.63, 3.8) is 0 Å². The molecule has 3 N–H and O–H groups in total. The van der Waals surface area contributed by atoms with Crippen LogP contribution in [0, 0.1) is 18.3 Å². The van der Waals surface area contributed by atoms with E-state index >= 15 is 0 Å². The lowest BCUT2D eigenvalue weighted by molar-refractivity contribution is -0.111. The summed E-state index contributed by atoms with van der Waals surface area (Å²) in [7, 11) is 1.32. The predicted octanol–water partition coefficient (Wildman–Crippen LogP) is 4.19. The summed E-state index contributed by atoms with van der Waals surface area (Å²) in [6.45, 7) is -0.519. The molecule has 2 aromatic heterocycles. The first-order valence-electron chi connectivity index (χ1n) is 16.2. The number of nitriles is 1. The van der Waals surface area contributed by atoms with E-state index in [1.165, 1.54) is 7.11 Å². The number of carbonyl (C=O) groups is 1. The molecule has 4 rings (SSSR count). The Bertz CT molecular complexity index is 2060. The maximum atomic E-state index is 12.4. The average molecular weight is 641 g/mol. The third-order valence-corrected chi connectivity index (χ3v) is 6.42.